The lowest BCUT2D eigenvalue weighted by atomic mass is 10.0. The highest BCUT2D eigenvalue weighted by Crippen LogP contribution is 2.51. The van der Waals surface area contributed by atoms with Gasteiger partial charge >= 0.3 is 0 Å². The van der Waals surface area contributed by atoms with E-state index in [1.165, 1.54) is 16.8 Å². The fraction of sp³-hybridized carbons (Fsp3) is 0.364. The maximum absolute atomic E-state index is 13.5. The standard InChI is InChI=1S/C22H24N4O3S.ClH/c1-15(25-21(27)18-12-22(8-9-22)14-24-18)20-11-16-13-23-10-7-19(16)26(20)30(28,29)17-5-3-2-4-6-17;/h2-7,10-11,13,15,18,24H,8-9,12,14H2,1H3,(H,25,27);1H/t15?,18-;/m0./s1. The Balaban J connectivity index is 0.00000231. The molecule has 2 N–H and O–H groups in total. The SMILES string of the molecule is CC(NC(=O)[C@@H]1CC2(CC2)CN1)c1cc2cnccc2n1S(=O)(=O)c1ccccc1.Cl. The second-order valence-electron chi connectivity index (χ2n) is 8.45. The van der Waals surface area contributed by atoms with Crippen molar-refractivity contribution in [1.29, 1.82) is 0 Å². The molecule has 1 saturated heterocycles. The average molecular weight is 461 g/mol. The van der Waals surface area contributed by atoms with Gasteiger partial charge in [-0.05, 0) is 55.9 Å². The third kappa shape index (κ3) is 3.84. The van der Waals surface area contributed by atoms with Crippen molar-refractivity contribution >= 4 is 39.2 Å². The van der Waals surface area contributed by atoms with E-state index in [9.17, 15) is 13.2 Å². The van der Waals surface area contributed by atoms with Gasteiger partial charge in [-0.15, -0.1) is 12.4 Å². The van der Waals surface area contributed by atoms with Crippen LogP contribution in [0.4, 0.5) is 0 Å². The Kier molecular flexibility index (Phi) is 5.57. The number of hydrogen-bond donors (Lipinski definition) is 2. The minimum Gasteiger partial charge on any atom is -0.347 e. The van der Waals surface area contributed by atoms with Crippen LogP contribution in [-0.4, -0.2) is 35.9 Å². The summed E-state index contributed by atoms with van der Waals surface area (Å²) in [5, 5.41) is 7.05. The monoisotopic (exact) mass is 460 g/mol. The number of pyridine rings is 1. The van der Waals surface area contributed by atoms with Crippen LogP contribution in [0.5, 0.6) is 0 Å². The molecule has 1 unspecified atom stereocenters. The number of carbonyl (C=O) groups excluding carboxylic acids is 1. The lowest BCUT2D eigenvalue weighted by Crippen LogP contribution is -2.42. The van der Waals surface area contributed by atoms with Crippen molar-refractivity contribution in [2.24, 2.45) is 5.41 Å². The number of halogens is 1. The number of rotatable bonds is 5. The van der Waals surface area contributed by atoms with Crippen LogP contribution in [0.25, 0.3) is 10.9 Å². The van der Waals surface area contributed by atoms with Crippen LogP contribution in [0.1, 0.15) is 37.9 Å². The molecule has 0 radical (unpaired) electrons. The first-order valence-electron chi connectivity index (χ1n) is 10.2. The van der Waals surface area contributed by atoms with E-state index in [1.807, 2.05) is 6.92 Å². The lowest BCUT2D eigenvalue weighted by Gasteiger charge is -2.20. The third-order valence-electron chi connectivity index (χ3n) is 6.30. The quantitative estimate of drug-likeness (QED) is 0.610. The van der Waals surface area contributed by atoms with Crippen LogP contribution in [0.15, 0.2) is 59.8 Å². The maximum Gasteiger partial charge on any atom is 0.268 e. The first-order valence-corrected chi connectivity index (χ1v) is 11.6. The summed E-state index contributed by atoms with van der Waals surface area (Å²) in [4.78, 5) is 17.2. The number of aromatic nitrogens is 2. The van der Waals surface area contributed by atoms with Gasteiger partial charge in [0, 0.05) is 24.3 Å². The second kappa shape index (κ2) is 7.93. The van der Waals surface area contributed by atoms with Gasteiger partial charge in [0.1, 0.15) is 0 Å². The summed E-state index contributed by atoms with van der Waals surface area (Å²) in [6, 6.07) is 11.1. The van der Waals surface area contributed by atoms with Crippen molar-refractivity contribution in [2.75, 3.05) is 6.54 Å². The summed E-state index contributed by atoms with van der Waals surface area (Å²) in [6.07, 6.45) is 6.41. The van der Waals surface area contributed by atoms with Crippen LogP contribution >= 0.6 is 12.4 Å². The number of hydrogen-bond acceptors (Lipinski definition) is 5. The molecule has 2 aromatic heterocycles. The highest BCUT2D eigenvalue weighted by Gasteiger charge is 2.50. The fourth-order valence-corrected chi connectivity index (χ4v) is 5.99. The zero-order valence-corrected chi connectivity index (χ0v) is 18.7. The first kappa shape index (κ1) is 21.8. The van der Waals surface area contributed by atoms with E-state index < -0.39 is 16.1 Å². The van der Waals surface area contributed by atoms with E-state index in [0.717, 1.165) is 13.0 Å². The molecule has 7 nitrogen and oxygen atoms in total. The molecular weight excluding hydrogens is 436 g/mol. The highest BCUT2D eigenvalue weighted by molar-refractivity contribution is 7.90. The van der Waals surface area contributed by atoms with E-state index in [2.05, 4.69) is 15.6 Å². The van der Waals surface area contributed by atoms with E-state index in [1.54, 1.807) is 54.9 Å². The summed E-state index contributed by atoms with van der Waals surface area (Å²) >= 11 is 0. The molecule has 1 aliphatic carbocycles. The highest BCUT2D eigenvalue weighted by atomic mass is 35.5. The largest absolute Gasteiger partial charge is 0.347 e. The smallest absolute Gasteiger partial charge is 0.268 e. The zero-order valence-electron chi connectivity index (χ0n) is 17.1. The number of fused-ring (bicyclic) bond motifs is 1. The van der Waals surface area contributed by atoms with Crippen LogP contribution in [0.3, 0.4) is 0 Å². The first-order chi connectivity index (χ1) is 14.4. The van der Waals surface area contributed by atoms with Gasteiger partial charge in [0.2, 0.25) is 5.91 Å². The average Bonchev–Trinajstić information content (AvgIpc) is 3.19. The lowest BCUT2D eigenvalue weighted by molar-refractivity contribution is -0.123. The Morgan fingerprint density at radius 2 is 2.00 bits per heavy atom. The molecule has 1 saturated carbocycles. The van der Waals surface area contributed by atoms with Crippen molar-refractivity contribution in [3.8, 4) is 0 Å². The van der Waals surface area contributed by atoms with Crippen molar-refractivity contribution < 1.29 is 13.2 Å². The minimum absolute atomic E-state index is 0. The second-order valence-corrected chi connectivity index (χ2v) is 10.2. The number of nitrogens with one attached hydrogen (secondary N) is 2. The topological polar surface area (TPSA) is 93.1 Å². The van der Waals surface area contributed by atoms with Crippen LogP contribution in [0.2, 0.25) is 0 Å². The number of benzene rings is 1. The Bertz CT molecular complexity index is 1220. The molecule has 3 heterocycles. The minimum atomic E-state index is -3.84. The van der Waals surface area contributed by atoms with Gasteiger partial charge in [-0.3, -0.25) is 9.78 Å². The number of carbonyl (C=O) groups is 1. The van der Waals surface area contributed by atoms with E-state index >= 15 is 0 Å². The van der Waals surface area contributed by atoms with Gasteiger partial charge < -0.3 is 10.6 Å². The summed E-state index contributed by atoms with van der Waals surface area (Å²) < 4.78 is 28.3. The Labute approximate surface area is 187 Å². The normalized spacial score (nSPS) is 20.4. The van der Waals surface area contributed by atoms with E-state index in [0.29, 0.717) is 22.0 Å². The summed E-state index contributed by atoms with van der Waals surface area (Å²) in [5.41, 5.74) is 1.36. The molecule has 2 fully saturated rings. The van der Waals surface area contributed by atoms with Crippen molar-refractivity contribution in [2.45, 2.75) is 43.2 Å². The molecule has 1 spiro atoms. The molecule has 3 aromatic rings. The predicted molar refractivity (Wildman–Crippen MR) is 121 cm³/mol. The Morgan fingerprint density at radius 1 is 1.26 bits per heavy atom. The molecule has 9 heteroatoms. The molecule has 2 atom stereocenters. The molecule has 1 aromatic carbocycles. The summed E-state index contributed by atoms with van der Waals surface area (Å²) in [7, 11) is -3.84. The molecule has 1 aliphatic heterocycles. The number of amides is 1. The van der Waals surface area contributed by atoms with Gasteiger partial charge in [-0.1, -0.05) is 18.2 Å². The summed E-state index contributed by atoms with van der Waals surface area (Å²) in [6.45, 7) is 2.70. The van der Waals surface area contributed by atoms with Crippen LogP contribution in [-0.2, 0) is 14.8 Å². The van der Waals surface area contributed by atoms with Gasteiger partial charge in [-0.2, -0.15) is 0 Å². The molecule has 1 amide bonds. The molecule has 2 aliphatic rings. The molecule has 31 heavy (non-hydrogen) atoms. The van der Waals surface area contributed by atoms with Gasteiger partial charge in [0.25, 0.3) is 10.0 Å². The van der Waals surface area contributed by atoms with Gasteiger partial charge in [-0.25, -0.2) is 12.4 Å². The maximum atomic E-state index is 13.5. The van der Waals surface area contributed by atoms with Gasteiger partial charge in [0.15, 0.2) is 0 Å². The van der Waals surface area contributed by atoms with E-state index in [-0.39, 0.29) is 29.3 Å². The number of nitrogens with zero attached hydrogens (tertiary/aromatic N) is 2. The molecule has 5 rings (SSSR count). The summed E-state index contributed by atoms with van der Waals surface area (Å²) in [5.74, 6) is -0.0849. The van der Waals surface area contributed by atoms with Crippen LogP contribution < -0.4 is 10.6 Å². The molecular formula is C22H25ClN4O3S. The molecule has 0 bridgehead atoms. The van der Waals surface area contributed by atoms with Crippen molar-refractivity contribution in [3.05, 3.63) is 60.6 Å². The molecule has 164 valence electrons. The fourth-order valence-electron chi connectivity index (χ4n) is 4.37. The Morgan fingerprint density at radius 3 is 2.68 bits per heavy atom. The zero-order chi connectivity index (χ0) is 20.9. The van der Waals surface area contributed by atoms with Crippen molar-refractivity contribution in [3.63, 3.8) is 0 Å². The third-order valence-corrected chi connectivity index (χ3v) is 8.06. The predicted octanol–water partition coefficient (Wildman–Crippen LogP) is 3.01. The Hall–Kier alpha value is -2.42. The van der Waals surface area contributed by atoms with Crippen LogP contribution in [0, 0.1) is 5.41 Å². The van der Waals surface area contributed by atoms with E-state index in [4.69, 9.17) is 0 Å². The van der Waals surface area contributed by atoms with Gasteiger partial charge in [0.05, 0.1) is 28.2 Å². The van der Waals surface area contributed by atoms with Crippen molar-refractivity contribution in [1.82, 2.24) is 19.6 Å².